The quantitative estimate of drug-likeness (QED) is 0.705. The van der Waals surface area contributed by atoms with Gasteiger partial charge in [0, 0.05) is 12.4 Å². The van der Waals surface area contributed by atoms with Crippen LogP contribution in [0.2, 0.25) is 0 Å². The highest BCUT2D eigenvalue weighted by Gasteiger charge is 2.10. The third kappa shape index (κ3) is 2.03. The third-order valence-electron chi connectivity index (χ3n) is 2.71. The van der Waals surface area contributed by atoms with Gasteiger partial charge in [-0.25, -0.2) is 14.8 Å². The summed E-state index contributed by atoms with van der Waals surface area (Å²) >= 11 is 0. The molecule has 94 valence electrons. The van der Waals surface area contributed by atoms with Gasteiger partial charge < -0.3 is 9.72 Å². The topological polar surface area (TPSA) is 80.8 Å². The van der Waals surface area contributed by atoms with Crippen molar-refractivity contribution in [1.29, 1.82) is 0 Å². The number of H-pyrrole nitrogens is 1. The first-order chi connectivity index (χ1) is 9.28. The van der Waals surface area contributed by atoms with Crippen LogP contribution in [0.25, 0.3) is 22.6 Å². The van der Waals surface area contributed by atoms with Crippen molar-refractivity contribution in [2.45, 2.75) is 0 Å². The van der Waals surface area contributed by atoms with Crippen molar-refractivity contribution in [3.63, 3.8) is 0 Å². The SMILES string of the molecule is COC(=O)c1ccc2[nH]c(-c3cnccn3)nc2c1. The van der Waals surface area contributed by atoms with Gasteiger partial charge in [0.05, 0.1) is 29.9 Å². The van der Waals surface area contributed by atoms with Gasteiger partial charge in [0.1, 0.15) is 5.69 Å². The molecule has 3 rings (SSSR count). The lowest BCUT2D eigenvalue weighted by molar-refractivity contribution is 0.0601. The van der Waals surface area contributed by atoms with Crippen LogP contribution in [0.1, 0.15) is 10.4 Å². The van der Waals surface area contributed by atoms with Crippen LogP contribution in [0.15, 0.2) is 36.8 Å². The summed E-state index contributed by atoms with van der Waals surface area (Å²) in [7, 11) is 1.35. The third-order valence-corrected chi connectivity index (χ3v) is 2.71. The van der Waals surface area contributed by atoms with Crippen molar-refractivity contribution >= 4 is 17.0 Å². The van der Waals surface area contributed by atoms with Crippen molar-refractivity contribution in [3.05, 3.63) is 42.4 Å². The molecule has 19 heavy (non-hydrogen) atoms. The molecule has 2 heterocycles. The van der Waals surface area contributed by atoms with E-state index in [-0.39, 0.29) is 5.97 Å². The van der Waals surface area contributed by atoms with Gasteiger partial charge >= 0.3 is 5.97 Å². The number of rotatable bonds is 2. The number of benzene rings is 1. The molecule has 0 bridgehead atoms. The van der Waals surface area contributed by atoms with E-state index in [1.54, 1.807) is 36.8 Å². The van der Waals surface area contributed by atoms with Crippen molar-refractivity contribution in [2.75, 3.05) is 7.11 Å². The normalized spacial score (nSPS) is 10.6. The number of esters is 1. The Morgan fingerprint density at radius 2 is 2.21 bits per heavy atom. The Morgan fingerprint density at radius 1 is 1.32 bits per heavy atom. The van der Waals surface area contributed by atoms with Crippen LogP contribution in [0.3, 0.4) is 0 Å². The fourth-order valence-electron chi connectivity index (χ4n) is 1.79. The molecule has 0 aliphatic carbocycles. The Hall–Kier alpha value is -2.76. The average Bonchev–Trinajstić information content (AvgIpc) is 2.90. The van der Waals surface area contributed by atoms with Crippen LogP contribution in [0.4, 0.5) is 0 Å². The fourth-order valence-corrected chi connectivity index (χ4v) is 1.79. The summed E-state index contributed by atoms with van der Waals surface area (Å²) in [4.78, 5) is 27.1. The van der Waals surface area contributed by atoms with Crippen molar-refractivity contribution in [2.24, 2.45) is 0 Å². The van der Waals surface area contributed by atoms with Crippen molar-refractivity contribution in [3.8, 4) is 11.5 Å². The molecule has 0 atom stereocenters. The van der Waals surface area contributed by atoms with E-state index in [1.807, 2.05) is 0 Å². The van der Waals surface area contributed by atoms with E-state index in [9.17, 15) is 4.79 Å². The maximum absolute atomic E-state index is 11.5. The number of carbonyl (C=O) groups excluding carboxylic acids is 1. The molecule has 0 fully saturated rings. The molecule has 2 aromatic heterocycles. The summed E-state index contributed by atoms with van der Waals surface area (Å²) in [6.07, 6.45) is 4.82. The predicted molar refractivity (Wildman–Crippen MR) is 68.5 cm³/mol. The molecule has 0 spiro atoms. The number of carbonyl (C=O) groups is 1. The molecule has 1 aromatic carbocycles. The second-order valence-corrected chi connectivity index (χ2v) is 3.90. The molecule has 6 heteroatoms. The number of hydrogen-bond donors (Lipinski definition) is 1. The first-order valence-corrected chi connectivity index (χ1v) is 5.62. The first-order valence-electron chi connectivity index (χ1n) is 5.62. The standard InChI is InChI=1S/C13H10N4O2/c1-19-13(18)8-2-3-9-10(6-8)17-12(16-9)11-7-14-4-5-15-11/h2-7H,1H3,(H,16,17). The predicted octanol–water partition coefficient (Wildman–Crippen LogP) is 1.81. The highest BCUT2D eigenvalue weighted by molar-refractivity contribution is 5.94. The minimum Gasteiger partial charge on any atom is -0.465 e. The Balaban J connectivity index is 2.09. The van der Waals surface area contributed by atoms with E-state index in [2.05, 4.69) is 24.7 Å². The summed E-state index contributed by atoms with van der Waals surface area (Å²) in [5.41, 5.74) is 2.63. The van der Waals surface area contributed by atoms with Gasteiger partial charge in [-0.1, -0.05) is 0 Å². The minimum absolute atomic E-state index is 0.383. The number of fused-ring (bicyclic) bond motifs is 1. The van der Waals surface area contributed by atoms with Crippen LogP contribution < -0.4 is 0 Å². The van der Waals surface area contributed by atoms with Gasteiger partial charge in [0.15, 0.2) is 5.82 Å². The van der Waals surface area contributed by atoms with Gasteiger partial charge in [-0.05, 0) is 18.2 Å². The van der Waals surface area contributed by atoms with E-state index in [1.165, 1.54) is 7.11 Å². The number of nitrogens with zero attached hydrogens (tertiary/aromatic N) is 3. The molecular weight excluding hydrogens is 244 g/mol. The van der Waals surface area contributed by atoms with Gasteiger partial charge in [0.2, 0.25) is 0 Å². The molecule has 3 aromatic rings. The van der Waals surface area contributed by atoms with Gasteiger partial charge in [0.25, 0.3) is 0 Å². The summed E-state index contributed by atoms with van der Waals surface area (Å²) in [6, 6.07) is 5.15. The molecule has 0 unspecified atom stereocenters. The van der Waals surface area contributed by atoms with E-state index >= 15 is 0 Å². The smallest absolute Gasteiger partial charge is 0.337 e. The number of nitrogens with one attached hydrogen (secondary N) is 1. The van der Waals surface area contributed by atoms with Crippen LogP contribution in [0.5, 0.6) is 0 Å². The summed E-state index contributed by atoms with van der Waals surface area (Å²) in [6.45, 7) is 0. The first kappa shape index (κ1) is 11.3. The Bertz CT molecular complexity index is 737. The Labute approximate surface area is 108 Å². The second kappa shape index (κ2) is 4.49. The van der Waals surface area contributed by atoms with Crippen molar-refractivity contribution < 1.29 is 9.53 Å². The Morgan fingerprint density at radius 3 is 2.95 bits per heavy atom. The molecule has 0 radical (unpaired) electrons. The second-order valence-electron chi connectivity index (χ2n) is 3.90. The highest BCUT2D eigenvalue weighted by Crippen LogP contribution is 2.19. The highest BCUT2D eigenvalue weighted by atomic mass is 16.5. The van der Waals surface area contributed by atoms with Gasteiger partial charge in [-0.15, -0.1) is 0 Å². The van der Waals surface area contributed by atoms with Crippen LogP contribution in [-0.2, 0) is 4.74 Å². The van der Waals surface area contributed by atoms with Crippen LogP contribution >= 0.6 is 0 Å². The monoisotopic (exact) mass is 254 g/mol. The lowest BCUT2D eigenvalue weighted by atomic mass is 10.2. The maximum Gasteiger partial charge on any atom is 0.337 e. The summed E-state index contributed by atoms with van der Waals surface area (Å²) in [5, 5.41) is 0. The average molecular weight is 254 g/mol. The number of hydrogen-bond acceptors (Lipinski definition) is 5. The zero-order chi connectivity index (χ0) is 13.2. The van der Waals surface area contributed by atoms with E-state index < -0.39 is 0 Å². The van der Waals surface area contributed by atoms with Crippen LogP contribution in [0, 0.1) is 0 Å². The van der Waals surface area contributed by atoms with E-state index in [0.717, 1.165) is 5.52 Å². The number of aromatic nitrogens is 4. The zero-order valence-electron chi connectivity index (χ0n) is 10.1. The summed E-state index contributed by atoms with van der Waals surface area (Å²) in [5.74, 6) is 0.232. The lowest BCUT2D eigenvalue weighted by Gasteiger charge is -1.97. The summed E-state index contributed by atoms with van der Waals surface area (Å²) < 4.78 is 4.68. The molecule has 6 nitrogen and oxygen atoms in total. The largest absolute Gasteiger partial charge is 0.465 e. The maximum atomic E-state index is 11.5. The molecule has 0 aliphatic heterocycles. The molecular formula is C13H10N4O2. The number of imidazole rings is 1. The van der Waals surface area contributed by atoms with E-state index in [4.69, 9.17) is 0 Å². The Kier molecular flexibility index (Phi) is 2.68. The number of ether oxygens (including phenoxy) is 1. The molecule has 0 amide bonds. The molecule has 0 saturated carbocycles. The lowest BCUT2D eigenvalue weighted by Crippen LogP contribution is -2.00. The minimum atomic E-state index is -0.383. The molecule has 0 saturated heterocycles. The van der Waals surface area contributed by atoms with E-state index in [0.29, 0.717) is 22.6 Å². The van der Waals surface area contributed by atoms with Crippen molar-refractivity contribution in [1.82, 2.24) is 19.9 Å². The van der Waals surface area contributed by atoms with Gasteiger partial charge in [-0.2, -0.15) is 0 Å². The van der Waals surface area contributed by atoms with Gasteiger partial charge in [-0.3, -0.25) is 4.98 Å². The molecule has 0 aliphatic rings. The van der Waals surface area contributed by atoms with Crippen LogP contribution in [-0.4, -0.2) is 33.0 Å². The zero-order valence-corrected chi connectivity index (χ0v) is 10.1. The number of aromatic amines is 1. The molecule has 1 N–H and O–H groups in total. The fraction of sp³-hybridized carbons (Fsp3) is 0.0769. The number of methoxy groups -OCH3 is 1.